The van der Waals surface area contributed by atoms with Crippen molar-refractivity contribution in [2.24, 2.45) is 0 Å². The molecule has 19 heavy (non-hydrogen) atoms. The second kappa shape index (κ2) is 6.14. The fourth-order valence-electron chi connectivity index (χ4n) is 1.69. The highest BCUT2D eigenvalue weighted by molar-refractivity contribution is 7.48. The van der Waals surface area contributed by atoms with E-state index in [0.29, 0.717) is 5.75 Å². The van der Waals surface area contributed by atoms with Crippen molar-refractivity contribution in [1.29, 1.82) is 0 Å². The standard InChI is InChI=1S/C14H15Cl2OSi2/c1-18(2)13-8-10-14(11-9-13)19(15,16)17-12-6-4-3-5-7-12/h3-11H,1-2H3. The third-order valence-electron chi connectivity index (χ3n) is 2.79. The Labute approximate surface area is 126 Å². The van der Waals surface area contributed by atoms with Gasteiger partial charge in [0.15, 0.2) is 0 Å². The summed E-state index contributed by atoms with van der Waals surface area (Å²) < 4.78 is 5.77. The Morgan fingerprint density at radius 3 is 2.00 bits per heavy atom. The number of rotatable bonds is 4. The van der Waals surface area contributed by atoms with Crippen molar-refractivity contribution >= 4 is 48.3 Å². The van der Waals surface area contributed by atoms with Crippen LogP contribution >= 0.6 is 22.2 Å². The highest BCUT2D eigenvalue weighted by atomic mass is 35.7. The van der Waals surface area contributed by atoms with E-state index < -0.39 is 15.7 Å². The zero-order valence-corrected chi connectivity index (χ0v) is 14.4. The van der Waals surface area contributed by atoms with Gasteiger partial charge in [-0.05, 0) is 12.1 Å². The molecule has 0 atom stereocenters. The van der Waals surface area contributed by atoms with Gasteiger partial charge in [0.25, 0.3) is 0 Å². The van der Waals surface area contributed by atoms with Gasteiger partial charge in [0.1, 0.15) is 5.75 Å². The van der Waals surface area contributed by atoms with Crippen molar-refractivity contribution in [1.82, 2.24) is 0 Å². The number of benzene rings is 2. The molecule has 0 aliphatic heterocycles. The van der Waals surface area contributed by atoms with Crippen molar-refractivity contribution in [3.63, 3.8) is 0 Å². The summed E-state index contributed by atoms with van der Waals surface area (Å²) in [5.41, 5.74) is 0. The van der Waals surface area contributed by atoms with Crippen LogP contribution in [-0.4, -0.2) is 15.7 Å². The summed E-state index contributed by atoms with van der Waals surface area (Å²) in [5, 5.41) is 2.25. The Kier molecular flexibility index (Phi) is 4.73. The Morgan fingerprint density at radius 2 is 1.47 bits per heavy atom. The maximum absolute atomic E-state index is 6.42. The van der Waals surface area contributed by atoms with Gasteiger partial charge in [-0.1, -0.05) is 82.9 Å². The van der Waals surface area contributed by atoms with Crippen LogP contribution in [-0.2, 0) is 0 Å². The molecule has 1 radical (unpaired) electrons. The van der Waals surface area contributed by atoms with E-state index in [1.54, 1.807) is 0 Å². The summed E-state index contributed by atoms with van der Waals surface area (Å²) in [6, 6.07) is 17.6. The molecule has 0 saturated heterocycles. The molecule has 0 spiro atoms. The van der Waals surface area contributed by atoms with Gasteiger partial charge in [-0.15, -0.1) is 0 Å². The Bertz CT molecular complexity index is 527. The fourth-order valence-corrected chi connectivity index (χ4v) is 4.92. The van der Waals surface area contributed by atoms with Gasteiger partial charge in [0.05, 0.1) is 8.80 Å². The van der Waals surface area contributed by atoms with Crippen LogP contribution in [0.2, 0.25) is 13.1 Å². The molecule has 0 aliphatic carbocycles. The summed E-state index contributed by atoms with van der Waals surface area (Å²) in [4.78, 5) is 0. The number of para-hydroxylation sites is 1. The van der Waals surface area contributed by atoms with E-state index in [-0.39, 0.29) is 0 Å². The zero-order chi connectivity index (χ0) is 13.9. The second-order valence-corrected chi connectivity index (χ2v) is 12.7. The smallest absolute Gasteiger partial charge is 0.484 e. The van der Waals surface area contributed by atoms with Crippen LogP contribution < -0.4 is 14.8 Å². The van der Waals surface area contributed by atoms with Gasteiger partial charge >= 0.3 is 6.94 Å². The Hall–Kier alpha value is -0.746. The lowest BCUT2D eigenvalue weighted by Gasteiger charge is -2.19. The van der Waals surface area contributed by atoms with Gasteiger partial charge in [-0.3, -0.25) is 0 Å². The van der Waals surface area contributed by atoms with Crippen LogP contribution in [0.1, 0.15) is 0 Å². The van der Waals surface area contributed by atoms with Gasteiger partial charge in [-0.2, -0.15) is 0 Å². The normalized spacial score (nSPS) is 11.6. The lowest BCUT2D eigenvalue weighted by molar-refractivity contribution is 0.590. The molecule has 2 rings (SSSR count). The molecule has 0 fully saturated rings. The van der Waals surface area contributed by atoms with E-state index in [1.165, 1.54) is 5.19 Å². The lowest BCUT2D eigenvalue weighted by atomic mass is 10.3. The number of hydrogen-bond acceptors (Lipinski definition) is 1. The maximum atomic E-state index is 6.42. The molecule has 2 aromatic carbocycles. The summed E-state index contributed by atoms with van der Waals surface area (Å²) in [5.74, 6) is 0.707. The first-order chi connectivity index (χ1) is 8.99. The first-order valence-corrected chi connectivity index (χ1v) is 12.5. The second-order valence-electron chi connectivity index (χ2n) is 4.51. The molecule has 0 N–H and O–H groups in total. The molecule has 0 saturated carbocycles. The van der Waals surface area contributed by atoms with Gasteiger partial charge in [0.2, 0.25) is 0 Å². The minimum Gasteiger partial charge on any atom is -0.515 e. The summed E-state index contributed by atoms with van der Waals surface area (Å²) in [6.45, 7) is 1.59. The van der Waals surface area contributed by atoms with Crippen LogP contribution in [0.25, 0.3) is 0 Å². The molecule has 0 unspecified atom stereocenters. The van der Waals surface area contributed by atoms with Crippen molar-refractivity contribution in [2.75, 3.05) is 0 Å². The van der Waals surface area contributed by atoms with Crippen molar-refractivity contribution in [2.45, 2.75) is 13.1 Å². The van der Waals surface area contributed by atoms with Gasteiger partial charge < -0.3 is 4.43 Å². The van der Waals surface area contributed by atoms with Crippen LogP contribution in [0, 0.1) is 0 Å². The lowest BCUT2D eigenvalue weighted by Crippen LogP contribution is -2.44. The van der Waals surface area contributed by atoms with E-state index in [1.807, 2.05) is 42.5 Å². The predicted octanol–water partition coefficient (Wildman–Crippen LogP) is 3.35. The number of hydrogen-bond donors (Lipinski definition) is 0. The van der Waals surface area contributed by atoms with Crippen LogP contribution in [0.15, 0.2) is 54.6 Å². The molecule has 0 amide bonds. The van der Waals surface area contributed by atoms with Crippen LogP contribution in [0.5, 0.6) is 5.75 Å². The van der Waals surface area contributed by atoms with E-state index >= 15 is 0 Å². The average Bonchev–Trinajstić information content (AvgIpc) is 2.39. The number of halogens is 2. The predicted molar refractivity (Wildman–Crippen MR) is 87.7 cm³/mol. The average molecular weight is 326 g/mol. The van der Waals surface area contributed by atoms with Gasteiger partial charge in [0, 0.05) is 5.19 Å². The third-order valence-corrected chi connectivity index (χ3v) is 7.55. The molecule has 0 heterocycles. The van der Waals surface area contributed by atoms with Crippen LogP contribution in [0.3, 0.4) is 0 Å². The summed E-state index contributed by atoms with van der Waals surface area (Å²) in [6.07, 6.45) is 0. The van der Waals surface area contributed by atoms with Crippen molar-refractivity contribution in [3.8, 4) is 5.75 Å². The molecule has 1 nitrogen and oxygen atoms in total. The molecular weight excluding hydrogens is 311 g/mol. The largest absolute Gasteiger partial charge is 0.515 e. The quantitative estimate of drug-likeness (QED) is 0.618. The van der Waals surface area contributed by atoms with E-state index in [0.717, 1.165) is 5.19 Å². The first kappa shape index (κ1) is 14.7. The first-order valence-electron chi connectivity index (χ1n) is 6.02. The molecular formula is C14H15Cl2OSi2. The zero-order valence-electron chi connectivity index (χ0n) is 10.9. The molecule has 0 aromatic heterocycles. The van der Waals surface area contributed by atoms with Crippen molar-refractivity contribution < 1.29 is 4.43 Å². The topological polar surface area (TPSA) is 9.23 Å². The minimum atomic E-state index is -2.92. The molecule has 0 bridgehead atoms. The summed E-state index contributed by atoms with van der Waals surface area (Å²) >= 11 is 12.8. The Morgan fingerprint density at radius 1 is 0.895 bits per heavy atom. The van der Waals surface area contributed by atoms with E-state index in [2.05, 4.69) is 25.2 Å². The van der Waals surface area contributed by atoms with Crippen molar-refractivity contribution in [3.05, 3.63) is 54.6 Å². The van der Waals surface area contributed by atoms with Gasteiger partial charge in [-0.25, -0.2) is 0 Å². The fraction of sp³-hybridized carbons (Fsp3) is 0.143. The SMILES string of the molecule is C[Si](C)c1ccc([Si](Cl)(Cl)Oc2ccccc2)cc1. The Balaban J connectivity index is 2.19. The van der Waals surface area contributed by atoms with Crippen LogP contribution in [0.4, 0.5) is 0 Å². The highest BCUT2D eigenvalue weighted by Crippen LogP contribution is 2.21. The van der Waals surface area contributed by atoms with E-state index in [9.17, 15) is 0 Å². The molecule has 99 valence electrons. The molecule has 5 heteroatoms. The monoisotopic (exact) mass is 325 g/mol. The third kappa shape index (κ3) is 3.86. The maximum Gasteiger partial charge on any atom is 0.484 e. The summed E-state index contributed by atoms with van der Waals surface area (Å²) in [7, 11) is -0.443. The molecule has 0 aliphatic rings. The van der Waals surface area contributed by atoms with E-state index in [4.69, 9.17) is 26.6 Å². The molecule has 2 aromatic rings. The minimum absolute atomic E-state index is 0.443. The highest BCUT2D eigenvalue weighted by Gasteiger charge is 2.35.